The van der Waals surface area contributed by atoms with Gasteiger partial charge in [-0.15, -0.1) is 6.42 Å². The molecule has 2 aromatic carbocycles. The van der Waals surface area contributed by atoms with Crippen molar-refractivity contribution in [1.29, 1.82) is 0 Å². The van der Waals surface area contributed by atoms with Crippen LogP contribution in [-0.4, -0.2) is 10.5 Å². The molecule has 1 heterocycles. The first-order valence-corrected chi connectivity index (χ1v) is 8.89. The zero-order valence-electron chi connectivity index (χ0n) is 12.9. The normalized spacial score (nSPS) is 12.0. The lowest BCUT2D eigenvalue weighted by Gasteiger charge is -2.02. The summed E-state index contributed by atoms with van der Waals surface area (Å²) in [6, 6.07) is 13.0. The van der Waals surface area contributed by atoms with E-state index in [1.165, 1.54) is 17.4 Å². The van der Waals surface area contributed by atoms with E-state index in [1.54, 1.807) is 22.8 Å². The third-order valence-electron chi connectivity index (χ3n) is 3.37. The molecule has 0 saturated heterocycles. The number of terminal acetylenes is 1. The molecule has 1 aromatic heterocycles. The number of hydrogen-bond donors (Lipinski definition) is 0. The van der Waals surface area contributed by atoms with E-state index in [1.807, 2.05) is 30.3 Å². The van der Waals surface area contributed by atoms with E-state index in [9.17, 15) is 4.79 Å². The van der Waals surface area contributed by atoms with Gasteiger partial charge in [0.2, 0.25) is 0 Å². The Hall–Kier alpha value is -2.32. The number of halogens is 2. The molecule has 3 rings (SSSR count). The highest BCUT2D eigenvalue weighted by Gasteiger charge is 2.11. The summed E-state index contributed by atoms with van der Waals surface area (Å²) in [5.41, 5.74) is 1.65. The predicted octanol–water partition coefficient (Wildman–Crippen LogP) is 4.78. The molecule has 0 saturated carbocycles. The first-order valence-electron chi connectivity index (χ1n) is 7.32. The minimum Gasteiger partial charge on any atom is -0.303 e. The van der Waals surface area contributed by atoms with Crippen LogP contribution in [0.5, 0.6) is 0 Å². The highest BCUT2D eigenvalue weighted by molar-refractivity contribution is 7.16. The second-order valence-corrected chi connectivity index (χ2v) is 6.96. The standard InChI is InChI=1S/C19H12Cl2N2OS/c1-2-10-23-18-15(21)11-14(20)12-16(18)25-19(23)22-17(24)9-8-13-6-4-3-5-7-13/h1,3-9,11-12H,10H2/b9-8+,22-19?. The quantitative estimate of drug-likeness (QED) is 0.470. The van der Waals surface area contributed by atoms with Crippen molar-refractivity contribution in [2.24, 2.45) is 4.99 Å². The number of thiazole rings is 1. The molecule has 3 nitrogen and oxygen atoms in total. The fraction of sp³-hybridized carbons (Fsp3) is 0.0526. The fourth-order valence-corrected chi connectivity index (χ4v) is 4.13. The van der Waals surface area contributed by atoms with Gasteiger partial charge in [0.05, 0.1) is 21.8 Å². The number of aromatic nitrogens is 1. The van der Waals surface area contributed by atoms with E-state index >= 15 is 0 Å². The Labute approximate surface area is 158 Å². The third kappa shape index (κ3) is 4.02. The van der Waals surface area contributed by atoms with Crippen molar-refractivity contribution < 1.29 is 4.79 Å². The molecule has 25 heavy (non-hydrogen) atoms. The van der Waals surface area contributed by atoms with Crippen molar-refractivity contribution in [3.8, 4) is 12.3 Å². The maximum atomic E-state index is 12.2. The minimum absolute atomic E-state index is 0.260. The summed E-state index contributed by atoms with van der Waals surface area (Å²) in [7, 11) is 0. The summed E-state index contributed by atoms with van der Waals surface area (Å²) < 4.78 is 2.57. The lowest BCUT2D eigenvalue weighted by atomic mass is 10.2. The van der Waals surface area contributed by atoms with Crippen molar-refractivity contribution >= 4 is 56.7 Å². The number of carbonyl (C=O) groups is 1. The van der Waals surface area contributed by atoms with Gasteiger partial charge in [-0.05, 0) is 23.8 Å². The molecule has 0 fully saturated rings. The average molecular weight is 387 g/mol. The Balaban J connectivity index is 2.05. The second-order valence-electron chi connectivity index (χ2n) is 5.10. The summed E-state index contributed by atoms with van der Waals surface area (Å²) in [6.07, 6.45) is 8.59. The van der Waals surface area contributed by atoms with Crippen LogP contribution in [0.3, 0.4) is 0 Å². The summed E-state index contributed by atoms with van der Waals surface area (Å²) in [5, 5.41) is 0.996. The van der Waals surface area contributed by atoms with Crippen LogP contribution >= 0.6 is 34.5 Å². The maximum Gasteiger partial charge on any atom is 0.272 e. The van der Waals surface area contributed by atoms with Crippen LogP contribution in [0.25, 0.3) is 16.3 Å². The van der Waals surface area contributed by atoms with Crippen molar-refractivity contribution in [1.82, 2.24) is 4.57 Å². The number of carbonyl (C=O) groups excluding carboxylic acids is 1. The Kier molecular flexibility index (Phi) is 5.40. The van der Waals surface area contributed by atoms with Crippen molar-refractivity contribution in [3.63, 3.8) is 0 Å². The molecule has 0 spiro atoms. The number of amides is 1. The summed E-state index contributed by atoms with van der Waals surface area (Å²) in [4.78, 5) is 16.8. The Morgan fingerprint density at radius 1 is 1.28 bits per heavy atom. The Morgan fingerprint density at radius 3 is 2.76 bits per heavy atom. The summed E-state index contributed by atoms with van der Waals surface area (Å²) in [5.74, 6) is 2.19. The number of benzene rings is 2. The number of hydrogen-bond acceptors (Lipinski definition) is 2. The van der Waals surface area contributed by atoms with Crippen LogP contribution in [-0.2, 0) is 11.3 Å². The molecule has 0 aliphatic carbocycles. The van der Waals surface area contributed by atoms with Gasteiger partial charge in [0.15, 0.2) is 4.80 Å². The molecule has 124 valence electrons. The average Bonchev–Trinajstić information content (AvgIpc) is 2.91. The molecule has 0 aliphatic rings. The van der Waals surface area contributed by atoms with Gasteiger partial charge < -0.3 is 4.57 Å². The van der Waals surface area contributed by atoms with E-state index < -0.39 is 0 Å². The van der Waals surface area contributed by atoms with E-state index in [0.717, 1.165) is 15.8 Å². The van der Waals surface area contributed by atoms with Gasteiger partial charge in [0.25, 0.3) is 5.91 Å². The topological polar surface area (TPSA) is 34.4 Å². The lowest BCUT2D eigenvalue weighted by Crippen LogP contribution is -2.16. The number of nitrogens with zero attached hydrogens (tertiary/aromatic N) is 2. The van der Waals surface area contributed by atoms with Crippen LogP contribution in [0.1, 0.15) is 5.56 Å². The van der Waals surface area contributed by atoms with Crippen LogP contribution in [0, 0.1) is 12.3 Å². The van der Waals surface area contributed by atoms with Crippen LogP contribution in [0.15, 0.2) is 53.5 Å². The van der Waals surface area contributed by atoms with E-state index in [2.05, 4.69) is 10.9 Å². The summed E-state index contributed by atoms with van der Waals surface area (Å²) in [6.45, 7) is 0.260. The maximum absolute atomic E-state index is 12.2. The SMILES string of the molecule is C#CCn1c(=NC(=O)/C=C/c2ccccc2)sc2cc(Cl)cc(Cl)c21. The third-order valence-corrected chi connectivity index (χ3v) is 4.90. The molecule has 0 atom stereocenters. The van der Waals surface area contributed by atoms with E-state index in [-0.39, 0.29) is 12.5 Å². The molecule has 0 bridgehead atoms. The van der Waals surface area contributed by atoms with Gasteiger partial charge in [0, 0.05) is 11.1 Å². The Morgan fingerprint density at radius 2 is 2.04 bits per heavy atom. The fourth-order valence-electron chi connectivity index (χ4n) is 2.32. The number of fused-ring (bicyclic) bond motifs is 1. The van der Waals surface area contributed by atoms with Crippen molar-refractivity contribution in [2.45, 2.75) is 6.54 Å². The predicted molar refractivity (Wildman–Crippen MR) is 105 cm³/mol. The molecule has 0 unspecified atom stereocenters. The van der Waals surface area contributed by atoms with Gasteiger partial charge in [-0.1, -0.05) is 70.8 Å². The van der Waals surface area contributed by atoms with E-state index in [0.29, 0.717) is 14.8 Å². The zero-order valence-corrected chi connectivity index (χ0v) is 15.3. The number of rotatable bonds is 3. The monoisotopic (exact) mass is 386 g/mol. The van der Waals surface area contributed by atoms with E-state index in [4.69, 9.17) is 29.6 Å². The molecular formula is C19H12Cl2N2OS. The first kappa shape index (κ1) is 17.5. The zero-order chi connectivity index (χ0) is 17.8. The molecule has 0 radical (unpaired) electrons. The highest BCUT2D eigenvalue weighted by atomic mass is 35.5. The summed E-state index contributed by atoms with van der Waals surface area (Å²) >= 11 is 13.7. The molecule has 1 amide bonds. The van der Waals surface area contributed by atoms with Crippen molar-refractivity contribution in [3.05, 3.63) is 69.0 Å². The van der Waals surface area contributed by atoms with Gasteiger partial charge in [-0.2, -0.15) is 4.99 Å². The van der Waals surface area contributed by atoms with Crippen LogP contribution in [0.2, 0.25) is 10.0 Å². The minimum atomic E-state index is -0.372. The second kappa shape index (κ2) is 7.71. The van der Waals surface area contributed by atoms with Crippen molar-refractivity contribution in [2.75, 3.05) is 0 Å². The molecule has 0 N–H and O–H groups in total. The molecule has 6 heteroatoms. The van der Waals surface area contributed by atoms with Gasteiger partial charge >= 0.3 is 0 Å². The van der Waals surface area contributed by atoms with Gasteiger partial charge in [0.1, 0.15) is 0 Å². The molecule has 0 aliphatic heterocycles. The first-order chi connectivity index (χ1) is 12.1. The highest BCUT2D eigenvalue weighted by Crippen LogP contribution is 2.29. The largest absolute Gasteiger partial charge is 0.303 e. The van der Waals surface area contributed by atoms with Crippen LogP contribution < -0.4 is 4.80 Å². The Bertz CT molecular complexity index is 1070. The smallest absolute Gasteiger partial charge is 0.272 e. The van der Waals surface area contributed by atoms with Gasteiger partial charge in [-0.25, -0.2) is 0 Å². The lowest BCUT2D eigenvalue weighted by molar-refractivity contribution is -0.113. The van der Waals surface area contributed by atoms with Crippen LogP contribution in [0.4, 0.5) is 0 Å². The molecular weight excluding hydrogens is 375 g/mol. The van der Waals surface area contributed by atoms with Gasteiger partial charge in [-0.3, -0.25) is 4.79 Å². The molecule has 3 aromatic rings.